The SMILES string of the molecule is COCCNc1ccc([N+](=O)[O-])cc1C(=O)OCCOc1ccc(C)cc1. The molecule has 0 spiro atoms. The maximum Gasteiger partial charge on any atom is 0.340 e. The third-order valence-electron chi connectivity index (χ3n) is 3.66. The number of carbonyl (C=O) groups excluding carboxylic acids is 1. The third-order valence-corrected chi connectivity index (χ3v) is 3.66. The molecule has 0 radical (unpaired) electrons. The molecular formula is C19H22N2O6. The molecule has 8 heteroatoms. The van der Waals surface area contributed by atoms with Gasteiger partial charge in [-0.1, -0.05) is 17.7 Å². The minimum atomic E-state index is -0.661. The van der Waals surface area contributed by atoms with Gasteiger partial charge in [0.25, 0.3) is 5.69 Å². The van der Waals surface area contributed by atoms with Crippen molar-refractivity contribution in [1.29, 1.82) is 0 Å². The molecule has 0 saturated heterocycles. The van der Waals surface area contributed by atoms with Crippen LogP contribution in [0.15, 0.2) is 42.5 Å². The van der Waals surface area contributed by atoms with Crippen LogP contribution in [-0.4, -0.2) is 44.4 Å². The summed E-state index contributed by atoms with van der Waals surface area (Å²) in [5, 5.41) is 14.0. The molecule has 0 fully saturated rings. The molecule has 0 bridgehead atoms. The number of nitrogens with one attached hydrogen (secondary N) is 1. The maximum atomic E-state index is 12.4. The summed E-state index contributed by atoms with van der Waals surface area (Å²) in [6.45, 7) is 3.05. The number of nitro benzene ring substituents is 1. The molecule has 1 N–H and O–H groups in total. The van der Waals surface area contributed by atoms with Crippen molar-refractivity contribution in [3.63, 3.8) is 0 Å². The number of hydrogen-bond donors (Lipinski definition) is 1. The van der Waals surface area contributed by atoms with E-state index in [2.05, 4.69) is 5.32 Å². The van der Waals surface area contributed by atoms with Gasteiger partial charge in [0, 0.05) is 31.5 Å². The van der Waals surface area contributed by atoms with Crippen LogP contribution in [0.5, 0.6) is 5.75 Å². The Kier molecular flexibility index (Phi) is 7.57. The molecule has 0 amide bonds. The first-order valence-electron chi connectivity index (χ1n) is 8.39. The van der Waals surface area contributed by atoms with Crippen molar-refractivity contribution in [1.82, 2.24) is 0 Å². The Morgan fingerprint density at radius 2 is 1.85 bits per heavy atom. The molecule has 2 aromatic carbocycles. The minimum Gasteiger partial charge on any atom is -0.490 e. The average Bonchev–Trinajstić information content (AvgIpc) is 2.66. The zero-order chi connectivity index (χ0) is 19.6. The molecule has 144 valence electrons. The Balaban J connectivity index is 1.96. The smallest absolute Gasteiger partial charge is 0.340 e. The van der Waals surface area contributed by atoms with Gasteiger partial charge in [-0.25, -0.2) is 4.79 Å². The molecule has 0 aliphatic rings. The predicted octanol–water partition coefficient (Wildman–Crippen LogP) is 3.20. The molecule has 0 saturated carbocycles. The van der Waals surface area contributed by atoms with Gasteiger partial charge in [-0.05, 0) is 25.1 Å². The number of rotatable bonds is 10. The second-order valence-corrected chi connectivity index (χ2v) is 5.70. The molecule has 0 unspecified atom stereocenters. The maximum absolute atomic E-state index is 12.4. The number of aryl methyl sites for hydroxylation is 1. The standard InChI is InChI=1S/C19H22N2O6/c1-14-3-6-16(7-4-14)26-11-12-27-19(22)17-13-15(21(23)24)5-8-18(17)20-9-10-25-2/h3-8,13,20H,9-12H2,1-2H3. The Bertz CT molecular complexity index is 776. The minimum absolute atomic E-state index is 0.0207. The summed E-state index contributed by atoms with van der Waals surface area (Å²) in [5.41, 5.74) is 1.47. The van der Waals surface area contributed by atoms with Crippen LogP contribution < -0.4 is 10.1 Å². The highest BCUT2D eigenvalue weighted by Gasteiger charge is 2.18. The summed E-state index contributed by atoms with van der Waals surface area (Å²) in [5.74, 6) is 0.0139. The number of esters is 1. The second kappa shape index (κ2) is 10.1. The fraction of sp³-hybridized carbons (Fsp3) is 0.316. The quantitative estimate of drug-likeness (QED) is 0.295. The zero-order valence-corrected chi connectivity index (χ0v) is 15.3. The summed E-state index contributed by atoms with van der Waals surface area (Å²) < 4.78 is 15.7. The van der Waals surface area contributed by atoms with Gasteiger partial charge in [-0.3, -0.25) is 10.1 Å². The van der Waals surface area contributed by atoms with Crippen molar-refractivity contribution >= 4 is 17.3 Å². The van der Waals surface area contributed by atoms with Gasteiger partial charge in [0.05, 0.1) is 17.1 Å². The van der Waals surface area contributed by atoms with Crippen molar-refractivity contribution in [2.24, 2.45) is 0 Å². The highest BCUT2D eigenvalue weighted by Crippen LogP contribution is 2.23. The summed E-state index contributed by atoms with van der Waals surface area (Å²) in [4.78, 5) is 22.8. The van der Waals surface area contributed by atoms with Gasteiger partial charge < -0.3 is 19.5 Å². The summed E-state index contributed by atoms with van der Waals surface area (Å²) in [6.07, 6.45) is 0. The largest absolute Gasteiger partial charge is 0.490 e. The first-order chi connectivity index (χ1) is 13.0. The number of anilines is 1. The van der Waals surface area contributed by atoms with E-state index in [1.54, 1.807) is 7.11 Å². The van der Waals surface area contributed by atoms with Crippen LogP contribution in [0, 0.1) is 17.0 Å². The normalized spacial score (nSPS) is 10.3. The molecule has 8 nitrogen and oxygen atoms in total. The summed E-state index contributed by atoms with van der Waals surface area (Å²) >= 11 is 0. The van der Waals surface area contributed by atoms with E-state index in [4.69, 9.17) is 14.2 Å². The number of ether oxygens (including phenoxy) is 3. The monoisotopic (exact) mass is 374 g/mol. The molecular weight excluding hydrogens is 352 g/mol. The van der Waals surface area contributed by atoms with Crippen molar-refractivity contribution in [2.45, 2.75) is 6.92 Å². The molecule has 0 aliphatic carbocycles. The average molecular weight is 374 g/mol. The van der Waals surface area contributed by atoms with E-state index in [0.717, 1.165) is 5.56 Å². The van der Waals surface area contributed by atoms with E-state index in [0.29, 0.717) is 24.6 Å². The first kappa shape index (κ1) is 20.2. The number of hydrogen-bond acceptors (Lipinski definition) is 7. The Labute approximate surface area is 157 Å². The van der Waals surface area contributed by atoms with Crippen LogP contribution in [0.2, 0.25) is 0 Å². The van der Waals surface area contributed by atoms with E-state index in [9.17, 15) is 14.9 Å². The predicted molar refractivity (Wildman–Crippen MR) is 100 cm³/mol. The van der Waals surface area contributed by atoms with Crippen LogP contribution in [0.4, 0.5) is 11.4 Å². The molecule has 27 heavy (non-hydrogen) atoms. The number of benzene rings is 2. The van der Waals surface area contributed by atoms with Crippen LogP contribution >= 0.6 is 0 Å². The topological polar surface area (TPSA) is 99.9 Å². The first-order valence-corrected chi connectivity index (χ1v) is 8.39. The molecule has 2 aromatic rings. The van der Waals surface area contributed by atoms with E-state index in [1.807, 2.05) is 31.2 Å². The number of methoxy groups -OCH3 is 1. The van der Waals surface area contributed by atoms with Crippen molar-refractivity contribution in [3.05, 3.63) is 63.7 Å². The van der Waals surface area contributed by atoms with E-state index >= 15 is 0 Å². The molecule has 0 heterocycles. The highest BCUT2D eigenvalue weighted by molar-refractivity contribution is 5.96. The lowest BCUT2D eigenvalue weighted by Gasteiger charge is -2.12. The Morgan fingerprint density at radius 1 is 1.11 bits per heavy atom. The van der Waals surface area contributed by atoms with Gasteiger partial charge >= 0.3 is 5.97 Å². The van der Waals surface area contributed by atoms with Gasteiger partial charge in [-0.2, -0.15) is 0 Å². The number of carbonyl (C=O) groups is 1. The van der Waals surface area contributed by atoms with Gasteiger partial charge in [0.15, 0.2) is 0 Å². The highest BCUT2D eigenvalue weighted by atomic mass is 16.6. The number of nitro groups is 1. The van der Waals surface area contributed by atoms with E-state index in [1.165, 1.54) is 18.2 Å². The fourth-order valence-corrected chi connectivity index (χ4v) is 2.26. The van der Waals surface area contributed by atoms with Gasteiger partial charge in [-0.15, -0.1) is 0 Å². The molecule has 2 rings (SSSR count). The third kappa shape index (κ3) is 6.27. The van der Waals surface area contributed by atoms with Crippen LogP contribution in [0.25, 0.3) is 0 Å². The van der Waals surface area contributed by atoms with Crippen molar-refractivity contribution in [2.75, 3.05) is 38.8 Å². The fourth-order valence-electron chi connectivity index (χ4n) is 2.26. The lowest BCUT2D eigenvalue weighted by Crippen LogP contribution is -2.16. The molecule has 0 atom stereocenters. The van der Waals surface area contributed by atoms with Crippen molar-refractivity contribution < 1.29 is 23.9 Å². The molecule has 0 aliphatic heterocycles. The van der Waals surface area contributed by atoms with Gasteiger partial charge in [0.2, 0.25) is 0 Å². The number of nitrogens with zero attached hydrogens (tertiary/aromatic N) is 1. The van der Waals surface area contributed by atoms with Crippen LogP contribution in [0.1, 0.15) is 15.9 Å². The number of non-ortho nitro benzene ring substituents is 1. The Hall–Kier alpha value is -3.13. The zero-order valence-electron chi connectivity index (χ0n) is 15.3. The van der Waals surface area contributed by atoms with Crippen LogP contribution in [-0.2, 0) is 9.47 Å². The summed E-state index contributed by atoms with van der Waals surface area (Å²) in [7, 11) is 1.56. The second-order valence-electron chi connectivity index (χ2n) is 5.70. The summed E-state index contributed by atoms with van der Waals surface area (Å²) in [6, 6.07) is 11.5. The van der Waals surface area contributed by atoms with Gasteiger partial charge in [0.1, 0.15) is 19.0 Å². The Morgan fingerprint density at radius 3 is 2.52 bits per heavy atom. The lowest BCUT2D eigenvalue weighted by atomic mass is 10.1. The van der Waals surface area contributed by atoms with E-state index in [-0.39, 0.29) is 24.5 Å². The molecule has 0 aromatic heterocycles. The van der Waals surface area contributed by atoms with E-state index < -0.39 is 10.9 Å². The van der Waals surface area contributed by atoms with Crippen molar-refractivity contribution in [3.8, 4) is 5.75 Å². The van der Waals surface area contributed by atoms with Crippen LogP contribution in [0.3, 0.4) is 0 Å². The lowest BCUT2D eigenvalue weighted by molar-refractivity contribution is -0.384.